The smallest absolute Gasteiger partial charge is 0.262 e. The molecule has 0 bridgehead atoms. The summed E-state index contributed by atoms with van der Waals surface area (Å²) in [5, 5.41) is 0.594. The molecular weight excluding hydrogens is 384 g/mol. The van der Waals surface area contributed by atoms with Crippen LogP contribution in [0.15, 0.2) is 65.7 Å². The quantitative estimate of drug-likeness (QED) is 0.434. The summed E-state index contributed by atoms with van der Waals surface area (Å²) in [6.45, 7) is 4.22. The van der Waals surface area contributed by atoms with E-state index in [9.17, 15) is 9.59 Å². The summed E-state index contributed by atoms with van der Waals surface area (Å²) in [4.78, 5) is 31.1. The molecule has 2 heterocycles. The van der Waals surface area contributed by atoms with Gasteiger partial charge in [0.2, 0.25) is 0 Å². The molecule has 0 saturated heterocycles. The van der Waals surface area contributed by atoms with Crippen molar-refractivity contribution in [2.75, 3.05) is 6.61 Å². The molecule has 0 fully saturated rings. The van der Waals surface area contributed by atoms with Gasteiger partial charge >= 0.3 is 0 Å². The number of fused-ring (bicyclic) bond motifs is 1. The van der Waals surface area contributed by atoms with Crippen LogP contribution in [-0.4, -0.2) is 21.9 Å². The van der Waals surface area contributed by atoms with Gasteiger partial charge in [0.15, 0.2) is 5.78 Å². The van der Waals surface area contributed by atoms with Gasteiger partial charge < -0.3 is 4.74 Å². The van der Waals surface area contributed by atoms with Crippen LogP contribution in [-0.2, 0) is 6.54 Å². The fourth-order valence-corrected chi connectivity index (χ4v) is 4.21. The second-order valence-corrected chi connectivity index (χ2v) is 7.72. The molecule has 0 amide bonds. The van der Waals surface area contributed by atoms with E-state index in [4.69, 9.17) is 4.74 Å². The highest BCUT2D eigenvalue weighted by atomic mass is 32.1. The van der Waals surface area contributed by atoms with Gasteiger partial charge in [-0.1, -0.05) is 30.3 Å². The summed E-state index contributed by atoms with van der Waals surface area (Å²) in [7, 11) is 0. The number of hydrogen-bond donors (Lipinski definition) is 0. The number of aromatic nitrogens is 2. The van der Waals surface area contributed by atoms with E-state index in [-0.39, 0.29) is 17.9 Å². The molecule has 0 radical (unpaired) electrons. The zero-order chi connectivity index (χ0) is 20.4. The fourth-order valence-electron chi connectivity index (χ4n) is 3.22. The zero-order valence-electron chi connectivity index (χ0n) is 16.2. The summed E-state index contributed by atoms with van der Waals surface area (Å²) in [6.07, 6.45) is 1.56. The molecule has 0 aliphatic carbocycles. The number of benzene rings is 2. The van der Waals surface area contributed by atoms with E-state index in [2.05, 4.69) is 4.98 Å². The Bertz CT molecular complexity index is 1240. The Kier molecular flexibility index (Phi) is 5.27. The first-order valence-corrected chi connectivity index (χ1v) is 10.2. The van der Waals surface area contributed by atoms with Crippen LogP contribution in [0.25, 0.3) is 20.7 Å². The van der Waals surface area contributed by atoms with Crippen LogP contribution in [0.3, 0.4) is 0 Å². The van der Waals surface area contributed by atoms with Gasteiger partial charge in [0, 0.05) is 16.0 Å². The lowest BCUT2D eigenvalue weighted by Gasteiger charge is -2.12. The Hall–Kier alpha value is -3.25. The van der Waals surface area contributed by atoms with Crippen molar-refractivity contribution < 1.29 is 9.53 Å². The maximum absolute atomic E-state index is 13.1. The van der Waals surface area contributed by atoms with Gasteiger partial charge in [0.25, 0.3) is 5.56 Å². The predicted octanol–water partition coefficient (Wildman–Crippen LogP) is 4.77. The summed E-state index contributed by atoms with van der Waals surface area (Å²) in [5.74, 6) is 0.639. The number of thiophene rings is 1. The molecule has 0 unspecified atom stereocenters. The molecule has 146 valence electrons. The first-order valence-electron chi connectivity index (χ1n) is 9.38. The Morgan fingerprint density at radius 2 is 1.93 bits per heavy atom. The molecule has 0 aliphatic heterocycles. The van der Waals surface area contributed by atoms with Gasteiger partial charge in [0.05, 0.1) is 24.9 Å². The van der Waals surface area contributed by atoms with Crippen molar-refractivity contribution in [1.29, 1.82) is 0 Å². The predicted molar refractivity (Wildman–Crippen MR) is 116 cm³/mol. The van der Waals surface area contributed by atoms with Crippen molar-refractivity contribution in [3.05, 3.63) is 82.4 Å². The molecule has 4 aromatic rings. The van der Waals surface area contributed by atoms with E-state index in [1.54, 1.807) is 29.1 Å². The van der Waals surface area contributed by atoms with Gasteiger partial charge in [0.1, 0.15) is 10.6 Å². The van der Waals surface area contributed by atoms with Crippen molar-refractivity contribution in [1.82, 2.24) is 9.55 Å². The van der Waals surface area contributed by atoms with Gasteiger partial charge in [-0.05, 0) is 43.7 Å². The van der Waals surface area contributed by atoms with Gasteiger partial charge in [-0.2, -0.15) is 0 Å². The third kappa shape index (κ3) is 3.84. The number of ether oxygens (including phenoxy) is 1. The van der Waals surface area contributed by atoms with Crippen molar-refractivity contribution in [2.45, 2.75) is 20.4 Å². The Balaban J connectivity index is 1.75. The van der Waals surface area contributed by atoms with Crippen LogP contribution in [0.5, 0.6) is 5.75 Å². The molecule has 6 heteroatoms. The second-order valence-electron chi connectivity index (χ2n) is 6.68. The van der Waals surface area contributed by atoms with Gasteiger partial charge in [-0.25, -0.2) is 4.98 Å². The number of nitrogens with zero attached hydrogens (tertiary/aromatic N) is 2. The van der Waals surface area contributed by atoms with Gasteiger partial charge in [-0.15, -0.1) is 11.3 Å². The zero-order valence-corrected chi connectivity index (χ0v) is 17.0. The number of Topliss-reactive ketones (excluding diaryl/α,β-unsaturated/α-hetero) is 1. The lowest BCUT2D eigenvalue weighted by atomic mass is 10.1. The van der Waals surface area contributed by atoms with Crippen molar-refractivity contribution in [3.8, 4) is 16.2 Å². The third-order valence-electron chi connectivity index (χ3n) is 4.68. The van der Waals surface area contributed by atoms with Crippen molar-refractivity contribution in [2.24, 2.45) is 0 Å². The highest BCUT2D eigenvalue weighted by molar-refractivity contribution is 7.21. The molecule has 0 N–H and O–H groups in total. The molecule has 0 aliphatic rings. The number of rotatable bonds is 6. The maximum atomic E-state index is 13.1. The van der Waals surface area contributed by atoms with E-state index in [1.165, 1.54) is 18.3 Å². The molecule has 4 rings (SSSR count). The standard InChI is InChI=1S/C23H20N2O3S/c1-3-28-20-10-9-17(15(2)26)11-18(20)13-25-14-24-22-19(23(25)27)12-21(29-22)16-7-5-4-6-8-16/h4-12,14H,3,13H2,1-2H3. The average molecular weight is 404 g/mol. The highest BCUT2D eigenvalue weighted by Crippen LogP contribution is 2.30. The minimum absolute atomic E-state index is 0.0273. The monoisotopic (exact) mass is 404 g/mol. The van der Waals surface area contributed by atoms with Crippen molar-refractivity contribution in [3.63, 3.8) is 0 Å². The third-order valence-corrected chi connectivity index (χ3v) is 5.78. The normalized spacial score (nSPS) is 11.0. The highest BCUT2D eigenvalue weighted by Gasteiger charge is 2.13. The minimum atomic E-state index is -0.107. The molecule has 0 saturated carbocycles. The van der Waals surface area contributed by atoms with Crippen LogP contribution in [0.4, 0.5) is 0 Å². The number of hydrogen-bond acceptors (Lipinski definition) is 5. The first-order chi connectivity index (χ1) is 14.1. The Labute approximate surface area is 172 Å². The average Bonchev–Trinajstić information content (AvgIpc) is 3.17. The summed E-state index contributed by atoms with van der Waals surface area (Å²) in [5.41, 5.74) is 2.33. The molecular formula is C23H20N2O3S. The fraction of sp³-hybridized carbons (Fsp3) is 0.174. The van der Waals surface area contributed by atoms with E-state index < -0.39 is 0 Å². The molecule has 0 spiro atoms. The second kappa shape index (κ2) is 8.01. The van der Waals surface area contributed by atoms with Gasteiger partial charge in [-0.3, -0.25) is 14.2 Å². The van der Waals surface area contributed by atoms with Crippen LogP contribution in [0, 0.1) is 0 Å². The lowest BCUT2D eigenvalue weighted by Crippen LogP contribution is -2.21. The summed E-state index contributed by atoms with van der Waals surface area (Å²) < 4.78 is 7.25. The Morgan fingerprint density at radius 1 is 1.14 bits per heavy atom. The summed E-state index contributed by atoms with van der Waals surface area (Å²) >= 11 is 1.50. The molecule has 2 aromatic carbocycles. The van der Waals surface area contributed by atoms with E-state index >= 15 is 0 Å². The number of ketones is 1. The lowest BCUT2D eigenvalue weighted by molar-refractivity contribution is 0.101. The topological polar surface area (TPSA) is 61.2 Å². The molecule has 2 aromatic heterocycles. The molecule has 29 heavy (non-hydrogen) atoms. The molecule has 5 nitrogen and oxygen atoms in total. The number of carbonyl (C=O) groups excluding carboxylic acids is 1. The molecule has 0 atom stereocenters. The van der Waals surface area contributed by atoms with Crippen LogP contribution in [0.2, 0.25) is 0 Å². The van der Waals surface area contributed by atoms with Crippen molar-refractivity contribution >= 4 is 27.3 Å². The van der Waals surface area contributed by atoms with Crippen LogP contribution < -0.4 is 10.3 Å². The van der Waals surface area contributed by atoms with E-state index in [0.717, 1.165) is 16.0 Å². The maximum Gasteiger partial charge on any atom is 0.262 e. The van der Waals surface area contributed by atoms with E-state index in [1.807, 2.05) is 43.3 Å². The van der Waals surface area contributed by atoms with Crippen LogP contribution >= 0.6 is 11.3 Å². The van der Waals surface area contributed by atoms with E-state index in [0.29, 0.717) is 28.1 Å². The SMILES string of the molecule is CCOc1ccc(C(C)=O)cc1Cn1cnc2sc(-c3ccccc3)cc2c1=O. The number of carbonyl (C=O) groups is 1. The minimum Gasteiger partial charge on any atom is -0.494 e. The Morgan fingerprint density at radius 3 is 2.66 bits per heavy atom. The largest absolute Gasteiger partial charge is 0.494 e. The first kappa shape index (κ1) is 19.1. The summed E-state index contributed by atoms with van der Waals surface area (Å²) in [6, 6.07) is 17.2. The van der Waals surface area contributed by atoms with Crippen LogP contribution in [0.1, 0.15) is 29.8 Å².